The van der Waals surface area contributed by atoms with E-state index in [0.29, 0.717) is 18.1 Å². The first-order valence-electron chi connectivity index (χ1n) is 12.5. The number of hydrogen-bond acceptors (Lipinski definition) is 7. The number of guanidine groups is 1. The van der Waals surface area contributed by atoms with Gasteiger partial charge in [-0.1, -0.05) is 59.8 Å². The summed E-state index contributed by atoms with van der Waals surface area (Å²) in [6, 6.07) is 26.9. The molecule has 6 rings (SSSR count). The highest BCUT2D eigenvalue weighted by molar-refractivity contribution is 7.14. The van der Waals surface area contributed by atoms with Gasteiger partial charge in [0.05, 0.1) is 5.69 Å². The van der Waals surface area contributed by atoms with E-state index in [-0.39, 0.29) is 12.0 Å². The van der Waals surface area contributed by atoms with E-state index in [0.717, 1.165) is 47.0 Å². The fourth-order valence-corrected chi connectivity index (χ4v) is 5.52. The lowest BCUT2D eigenvalue weighted by molar-refractivity contribution is 0.320. The highest BCUT2D eigenvalue weighted by Gasteiger charge is 2.27. The number of anilines is 2. The van der Waals surface area contributed by atoms with Crippen LogP contribution in [0.5, 0.6) is 0 Å². The number of nitrogens with zero attached hydrogens (tertiary/aromatic N) is 4. The van der Waals surface area contributed by atoms with Crippen molar-refractivity contribution < 1.29 is 4.52 Å². The van der Waals surface area contributed by atoms with Gasteiger partial charge in [-0.05, 0) is 48.2 Å². The van der Waals surface area contributed by atoms with Gasteiger partial charge < -0.3 is 20.5 Å². The fraction of sp³-hybridized carbons (Fsp3) is 0.172. The van der Waals surface area contributed by atoms with E-state index in [1.165, 1.54) is 11.1 Å². The number of thiazole rings is 1. The minimum atomic E-state index is 0.101. The van der Waals surface area contributed by atoms with Crippen LogP contribution in [0.15, 0.2) is 88.8 Å². The summed E-state index contributed by atoms with van der Waals surface area (Å²) in [5, 5.41) is 18.2. The lowest BCUT2D eigenvalue weighted by atomic mass is 10.0. The summed E-state index contributed by atoms with van der Waals surface area (Å²) in [6.45, 7) is 0.802. The Morgan fingerprint density at radius 1 is 0.947 bits per heavy atom. The molecule has 1 aliphatic rings. The van der Waals surface area contributed by atoms with Crippen LogP contribution in [-0.4, -0.2) is 38.6 Å². The number of rotatable bonds is 7. The molecule has 38 heavy (non-hydrogen) atoms. The molecule has 0 amide bonds. The molecule has 3 heterocycles. The summed E-state index contributed by atoms with van der Waals surface area (Å²) in [5.74, 6) is 1.21. The standard InChI is InChI=1S/C29H27N7OS/c30-28(31)36-16-4-7-24(36)17-26-34-27(35-37-26)22-12-14-23(15-13-22)32-29-33-25(18-38-29)21-10-8-20(9-11-21)19-5-2-1-3-6-19/h1-3,5-6,8-15,18,24H,4,7,16-17H2,(H3,30,31)(H,32,33)/t24-/m0/s1. The summed E-state index contributed by atoms with van der Waals surface area (Å²) in [5.41, 5.74) is 11.9. The van der Waals surface area contributed by atoms with Crippen molar-refractivity contribution in [2.24, 2.45) is 5.73 Å². The van der Waals surface area contributed by atoms with Crippen LogP contribution in [0.3, 0.4) is 0 Å². The topological polar surface area (TPSA) is 117 Å². The Morgan fingerprint density at radius 2 is 1.66 bits per heavy atom. The average molecular weight is 522 g/mol. The summed E-state index contributed by atoms with van der Waals surface area (Å²) < 4.78 is 5.49. The molecule has 0 bridgehead atoms. The van der Waals surface area contributed by atoms with Crippen LogP contribution >= 0.6 is 11.3 Å². The molecular weight excluding hydrogens is 494 g/mol. The first-order chi connectivity index (χ1) is 18.6. The monoisotopic (exact) mass is 521 g/mol. The number of nitrogens with two attached hydrogens (primary N) is 1. The largest absolute Gasteiger partial charge is 0.370 e. The van der Waals surface area contributed by atoms with Gasteiger partial charge >= 0.3 is 0 Å². The van der Waals surface area contributed by atoms with Crippen molar-refractivity contribution in [2.45, 2.75) is 25.3 Å². The van der Waals surface area contributed by atoms with Crippen LogP contribution in [0.1, 0.15) is 18.7 Å². The average Bonchev–Trinajstić information content (AvgIpc) is 3.72. The Kier molecular flexibility index (Phi) is 6.58. The van der Waals surface area contributed by atoms with Gasteiger partial charge in [-0.15, -0.1) is 11.3 Å². The third kappa shape index (κ3) is 5.14. The second kappa shape index (κ2) is 10.5. The van der Waals surface area contributed by atoms with Gasteiger partial charge in [-0.3, -0.25) is 5.41 Å². The summed E-state index contributed by atoms with van der Waals surface area (Å²) in [6.07, 6.45) is 2.57. The van der Waals surface area contributed by atoms with Crippen LogP contribution in [-0.2, 0) is 6.42 Å². The summed E-state index contributed by atoms with van der Waals surface area (Å²) in [4.78, 5) is 11.2. The predicted octanol–water partition coefficient (Wildman–Crippen LogP) is 6.17. The van der Waals surface area contributed by atoms with Crippen LogP contribution in [0.4, 0.5) is 10.8 Å². The van der Waals surface area contributed by atoms with Crippen molar-refractivity contribution in [2.75, 3.05) is 11.9 Å². The Labute approximate surface area is 224 Å². The Balaban J connectivity index is 1.09. The predicted molar refractivity (Wildman–Crippen MR) is 151 cm³/mol. The van der Waals surface area contributed by atoms with Gasteiger partial charge in [-0.2, -0.15) is 4.98 Å². The van der Waals surface area contributed by atoms with Gasteiger partial charge in [-0.25, -0.2) is 4.98 Å². The molecule has 8 nitrogen and oxygen atoms in total. The van der Waals surface area contributed by atoms with Gasteiger partial charge in [0.2, 0.25) is 11.7 Å². The molecule has 1 fully saturated rings. The molecule has 2 aromatic heterocycles. The van der Waals surface area contributed by atoms with Gasteiger partial charge in [0.1, 0.15) is 0 Å². The molecule has 1 saturated heterocycles. The number of nitrogens with one attached hydrogen (secondary N) is 2. The fourth-order valence-electron chi connectivity index (χ4n) is 4.78. The van der Waals surface area contributed by atoms with E-state index >= 15 is 0 Å². The Morgan fingerprint density at radius 3 is 2.42 bits per heavy atom. The molecular formula is C29H27N7OS. The number of benzene rings is 3. The molecule has 1 aliphatic heterocycles. The third-order valence-corrected chi connectivity index (χ3v) is 7.51. The second-order valence-corrected chi connectivity index (χ2v) is 10.1. The first-order valence-corrected chi connectivity index (χ1v) is 13.4. The minimum Gasteiger partial charge on any atom is -0.370 e. The molecule has 0 spiro atoms. The zero-order chi connectivity index (χ0) is 25.9. The number of aromatic nitrogens is 3. The van der Waals surface area contributed by atoms with Crippen LogP contribution < -0.4 is 11.1 Å². The summed E-state index contributed by atoms with van der Waals surface area (Å²) >= 11 is 1.57. The van der Waals surface area contributed by atoms with Gasteiger partial charge in [0.25, 0.3) is 0 Å². The van der Waals surface area contributed by atoms with E-state index in [1.54, 1.807) is 11.3 Å². The van der Waals surface area contributed by atoms with Crippen molar-refractivity contribution in [1.82, 2.24) is 20.0 Å². The normalized spacial score (nSPS) is 15.1. The molecule has 0 radical (unpaired) electrons. The molecule has 9 heteroatoms. The molecule has 4 N–H and O–H groups in total. The molecule has 5 aromatic rings. The van der Waals surface area contributed by atoms with Gasteiger partial charge in [0.15, 0.2) is 11.1 Å². The molecule has 0 unspecified atom stereocenters. The molecule has 190 valence electrons. The molecule has 0 saturated carbocycles. The molecule has 1 atom stereocenters. The maximum absolute atomic E-state index is 7.74. The van der Waals surface area contributed by atoms with E-state index in [1.807, 2.05) is 35.2 Å². The Hall–Kier alpha value is -4.50. The second-order valence-electron chi connectivity index (χ2n) is 9.27. The Bertz CT molecular complexity index is 1530. The quantitative estimate of drug-likeness (QED) is 0.173. The SMILES string of the molecule is N=C(N)N1CCC[C@H]1Cc1nc(-c2ccc(Nc3nc(-c4ccc(-c5ccccc5)cc4)cs3)cc2)no1. The summed E-state index contributed by atoms with van der Waals surface area (Å²) in [7, 11) is 0. The van der Waals surface area contributed by atoms with E-state index in [9.17, 15) is 0 Å². The van der Waals surface area contributed by atoms with Crippen molar-refractivity contribution in [3.8, 4) is 33.8 Å². The maximum atomic E-state index is 7.74. The van der Waals surface area contributed by atoms with E-state index in [4.69, 9.17) is 20.7 Å². The van der Waals surface area contributed by atoms with Gasteiger partial charge in [0, 0.05) is 41.2 Å². The maximum Gasteiger partial charge on any atom is 0.229 e. The zero-order valence-corrected chi connectivity index (χ0v) is 21.5. The minimum absolute atomic E-state index is 0.101. The third-order valence-electron chi connectivity index (χ3n) is 6.75. The zero-order valence-electron chi connectivity index (χ0n) is 20.7. The van der Waals surface area contributed by atoms with Crippen molar-refractivity contribution in [3.63, 3.8) is 0 Å². The first kappa shape index (κ1) is 23.9. The van der Waals surface area contributed by atoms with Crippen molar-refractivity contribution in [3.05, 3.63) is 90.1 Å². The highest BCUT2D eigenvalue weighted by atomic mass is 32.1. The van der Waals surface area contributed by atoms with Crippen molar-refractivity contribution >= 4 is 28.1 Å². The van der Waals surface area contributed by atoms with E-state index < -0.39 is 0 Å². The number of likely N-dealkylation sites (tertiary alicyclic amines) is 1. The lowest BCUT2D eigenvalue weighted by Crippen LogP contribution is -2.41. The lowest BCUT2D eigenvalue weighted by Gasteiger charge is -2.23. The smallest absolute Gasteiger partial charge is 0.229 e. The highest BCUT2D eigenvalue weighted by Crippen LogP contribution is 2.30. The van der Waals surface area contributed by atoms with E-state index in [2.05, 4.69) is 69.4 Å². The molecule has 3 aromatic carbocycles. The van der Waals surface area contributed by atoms with Crippen LogP contribution in [0, 0.1) is 5.41 Å². The number of hydrogen-bond donors (Lipinski definition) is 3. The van der Waals surface area contributed by atoms with Crippen LogP contribution in [0.2, 0.25) is 0 Å². The van der Waals surface area contributed by atoms with Crippen LogP contribution in [0.25, 0.3) is 33.8 Å². The van der Waals surface area contributed by atoms with Crippen molar-refractivity contribution in [1.29, 1.82) is 5.41 Å². The molecule has 0 aliphatic carbocycles.